The molecule has 2 aromatic rings. The van der Waals surface area contributed by atoms with Crippen LogP contribution in [0.15, 0.2) is 59.5 Å². The molecule has 0 aromatic heterocycles. The fraction of sp³-hybridized carbons (Fsp3) is 0.318. The van der Waals surface area contributed by atoms with E-state index in [2.05, 4.69) is 10.0 Å². The molecule has 10 heteroatoms. The zero-order valence-corrected chi connectivity index (χ0v) is 20.0. The molecular formula is C22H29N3O5S2. The molecule has 8 nitrogen and oxygen atoms in total. The molecule has 2 N–H and O–H groups in total. The highest BCUT2D eigenvalue weighted by Gasteiger charge is 2.20. The second-order valence-corrected chi connectivity index (χ2v) is 10.8. The maximum Gasteiger partial charge on any atom is 0.248 e. The Morgan fingerprint density at radius 1 is 0.875 bits per heavy atom. The van der Waals surface area contributed by atoms with Crippen LogP contribution < -0.4 is 10.0 Å². The van der Waals surface area contributed by atoms with Crippen LogP contribution in [-0.2, 0) is 24.8 Å². The maximum absolute atomic E-state index is 12.5. The van der Waals surface area contributed by atoms with Crippen LogP contribution in [0.4, 0.5) is 11.4 Å². The number of sulfonamides is 2. The summed E-state index contributed by atoms with van der Waals surface area (Å²) >= 11 is 0. The molecule has 0 atom stereocenters. The van der Waals surface area contributed by atoms with Gasteiger partial charge in [0.25, 0.3) is 0 Å². The largest absolute Gasteiger partial charge is 0.323 e. The molecule has 0 heterocycles. The number of anilines is 2. The van der Waals surface area contributed by atoms with Crippen molar-refractivity contribution in [2.24, 2.45) is 0 Å². The highest BCUT2D eigenvalue weighted by molar-refractivity contribution is 7.92. The fourth-order valence-corrected chi connectivity index (χ4v) is 5.53. The molecule has 0 aliphatic carbocycles. The van der Waals surface area contributed by atoms with Gasteiger partial charge in [0.05, 0.1) is 10.6 Å². The predicted molar refractivity (Wildman–Crippen MR) is 128 cm³/mol. The monoisotopic (exact) mass is 479 g/mol. The molecule has 0 saturated heterocycles. The summed E-state index contributed by atoms with van der Waals surface area (Å²) in [6, 6.07) is 12.6. The summed E-state index contributed by atoms with van der Waals surface area (Å²) in [6.45, 7) is 6.15. The van der Waals surface area contributed by atoms with Crippen molar-refractivity contribution in [3.05, 3.63) is 60.2 Å². The Kier molecular flexibility index (Phi) is 8.99. The van der Waals surface area contributed by atoms with Gasteiger partial charge in [-0.05, 0) is 54.5 Å². The molecule has 174 valence electrons. The lowest BCUT2D eigenvalue weighted by atomic mass is 10.2. The summed E-state index contributed by atoms with van der Waals surface area (Å²) in [4.78, 5) is 12.4. The van der Waals surface area contributed by atoms with Gasteiger partial charge in [-0.15, -0.1) is 0 Å². The summed E-state index contributed by atoms with van der Waals surface area (Å²) in [6.07, 6.45) is 3.44. The minimum Gasteiger partial charge on any atom is -0.323 e. The lowest BCUT2D eigenvalue weighted by Gasteiger charge is -2.18. The van der Waals surface area contributed by atoms with E-state index in [1.807, 2.05) is 0 Å². The van der Waals surface area contributed by atoms with Gasteiger partial charge in [0.15, 0.2) is 0 Å². The number of carbonyl (C=O) groups excluding carboxylic acids is 1. The lowest BCUT2D eigenvalue weighted by molar-refractivity contribution is -0.111. The van der Waals surface area contributed by atoms with Gasteiger partial charge in [0, 0.05) is 30.5 Å². The number of hydrogen-bond acceptors (Lipinski definition) is 5. The number of rotatable bonds is 11. The third-order valence-corrected chi connectivity index (χ3v) is 8.11. The van der Waals surface area contributed by atoms with E-state index in [1.165, 1.54) is 22.5 Å². The molecular weight excluding hydrogens is 450 g/mol. The molecule has 0 aliphatic heterocycles. The lowest BCUT2D eigenvalue weighted by Crippen LogP contribution is -2.30. The minimum atomic E-state index is -3.52. The summed E-state index contributed by atoms with van der Waals surface area (Å²) in [7, 11) is -6.89. The highest BCUT2D eigenvalue weighted by atomic mass is 32.2. The van der Waals surface area contributed by atoms with E-state index in [9.17, 15) is 21.6 Å². The van der Waals surface area contributed by atoms with Crippen LogP contribution in [0.3, 0.4) is 0 Å². The van der Waals surface area contributed by atoms with Crippen molar-refractivity contribution in [1.29, 1.82) is 0 Å². The molecule has 32 heavy (non-hydrogen) atoms. The van der Waals surface area contributed by atoms with Gasteiger partial charge in [-0.25, -0.2) is 16.8 Å². The molecule has 0 saturated carbocycles. The zero-order valence-electron chi connectivity index (χ0n) is 18.4. The molecule has 1 amide bonds. The summed E-state index contributed by atoms with van der Waals surface area (Å²) in [5, 5.41) is 2.69. The smallest absolute Gasteiger partial charge is 0.248 e. The number of nitrogens with one attached hydrogen (secondary N) is 2. The zero-order chi connectivity index (χ0) is 23.8. The molecule has 0 fully saturated rings. The van der Waals surface area contributed by atoms with Crippen molar-refractivity contribution in [3.63, 3.8) is 0 Å². The first-order chi connectivity index (χ1) is 15.1. The van der Waals surface area contributed by atoms with Gasteiger partial charge in [-0.1, -0.05) is 32.9 Å². The average Bonchev–Trinajstić information content (AvgIpc) is 2.74. The van der Waals surface area contributed by atoms with E-state index >= 15 is 0 Å². The third-order valence-electron chi connectivity index (χ3n) is 4.55. The van der Waals surface area contributed by atoms with Gasteiger partial charge in [0.1, 0.15) is 0 Å². The number of carbonyl (C=O) groups is 1. The second kappa shape index (κ2) is 11.3. The van der Waals surface area contributed by atoms with Crippen LogP contribution in [0.25, 0.3) is 6.08 Å². The first-order valence-electron chi connectivity index (χ1n) is 10.3. The predicted octanol–water partition coefficient (Wildman–Crippen LogP) is 3.52. The Labute approximate surface area is 190 Å². The number of benzene rings is 2. The maximum atomic E-state index is 12.5. The molecule has 0 spiro atoms. The third kappa shape index (κ3) is 7.18. The van der Waals surface area contributed by atoms with Crippen molar-refractivity contribution in [2.75, 3.05) is 28.9 Å². The van der Waals surface area contributed by atoms with Gasteiger partial charge in [-0.3, -0.25) is 9.52 Å². The minimum absolute atomic E-state index is 0.0403. The van der Waals surface area contributed by atoms with Crippen LogP contribution in [0.2, 0.25) is 0 Å². The number of hydrogen-bond donors (Lipinski definition) is 2. The van der Waals surface area contributed by atoms with Crippen LogP contribution in [0, 0.1) is 0 Å². The van der Waals surface area contributed by atoms with E-state index in [4.69, 9.17) is 0 Å². The molecule has 0 aliphatic rings. The molecule has 0 unspecified atom stereocenters. The molecule has 0 radical (unpaired) electrons. The quantitative estimate of drug-likeness (QED) is 0.479. The Morgan fingerprint density at radius 2 is 1.44 bits per heavy atom. The Bertz CT molecular complexity index is 1140. The number of amides is 1. The topological polar surface area (TPSA) is 113 Å². The Hall–Kier alpha value is -2.69. The van der Waals surface area contributed by atoms with Gasteiger partial charge < -0.3 is 5.32 Å². The van der Waals surface area contributed by atoms with E-state index < -0.39 is 20.0 Å². The first-order valence-corrected chi connectivity index (χ1v) is 13.4. The summed E-state index contributed by atoms with van der Waals surface area (Å²) < 4.78 is 52.5. The second-order valence-electron chi connectivity index (χ2n) is 6.98. The van der Waals surface area contributed by atoms with Crippen LogP contribution in [0.5, 0.6) is 0 Å². The van der Waals surface area contributed by atoms with E-state index in [-0.39, 0.29) is 16.6 Å². The average molecular weight is 480 g/mol. The molecule has 2 rings (SSSR count). The summed E-state index contributed by atoms with van der Waals surface area (Å²) in [5.74, 6) is -0.331. The Morgan fingerprint density at radius 3 is 1.97 bits per heavy atom. The normalized spacial score (nSPS) is 12.2. The standard InChI is InChI=1S/C22H29N3O5S2/c1-4-17-31(27,28)24-20-12-10-19(11-13-20)23-22(26)16-9-18-7-14-21(15-8-18)32(29,30)25(5-2)6-3/h7-16,24H,4-6,17H2,1-3H3,(H,23,26)/b16-9+. The number of nitrogens with zero attached hydrogens (tertiary/aromatic N) is 1. The van der Waals surface area contributed by atoms with Gasteiger partial charge >= 0.3 is 0 Å². The van der Waals surface area contributed by atoms with E-state index in [1.54, 1.807) is 63.2 Å². The van der Waals surface area contributed by atoms with E-state index in [0.29, 0.717) is 36.4 Å². The van der Waals surface area contributed by atoms with Gasteiger partial charge in [0.2, 0.25) is 26.0 Å². The SMILES string of the molecule is CCCS(=O)(=O)Nc1ccc(NC(=O)/C=C/c2ccc(S(=O)(=O)N(CC)CC)cc2)cc1. The first kappa shape index (κ1) is 25.6. The molecule has 2 aromatic carbocycles. The molecule has 0 bridgehead atoms. The van der Waals surface area contributed by atoms with Crippen LogP contribution in [0.1, 0.15) is 32.8 Å². The summed E-state index contributed by atoms with van der Waals surface area (Å²) in [5.41, 5.74) is 1.62. The van der Waals surface area contributed by atoms with Gasteiger partial charge in [-0.2, -0.15) is 4.31 Å². The Balaban J connectivity index is 1.99. The highest BCUT2D eigenvalue weighted by Crippen LogP contribution is 2.18. The van der Waals surface area contributed by atoms with Crippen LogP contribution >= 0.6 is 0 Å². The van der Waals surface area contributed by atoms with Crippen molar-refractivity contribution in [3.8, 4) is 0 Å². The fourth-order valence-electron chi connectivity index (χ4n) is 2.94. The van der Waals surface area contributed by atoms with Crippen molar-refractivity contribution >= 4 is 43.4 Å². The van der Waals surface area contributed by atoms with Crippen molar-refractivity contribution in [1.82, 2.24) is 4.31 Å². The van der Waals surface area contributed by atoms with Crippen LogP contribution in [-0.4, -0.2) is 45.9 Å². The van der Waals surface area contributed by atoms with Crippen molar-refractivity contribution in [2.45, 2.75) is 32.1 Å². The van der Waals surface area contributed by atoms with E-state index in [0.717, 1.165) is 0 Å². The van der Waals surface area contributed by atoms with Crippen molar-refractivity contribution < 1.29 is 21.6 Å².